The number of hydrogen-bond acceptors (Lipinski definition) is 4. The Hall–Kier alpha value is -1.56. The second kappa shape index (κ2) is 9.55. The molecule has 2 rings (SSSR count). The van der Waals surface area contributed by atoms with Crippen LogP contribution in [-0.4, -0.2) is 27.4 Å². The standard InChI is InChI=1S/C18H22BrNO3/c1-21-11-10-20-12-15-8-9-16(22-2)18(17(15)19)23-13-14-6-4-3-5-7-14/h3-9,20H,10-13H2,1-2H3. The lowest BCUT2D eigenvalue weighted by atomic mass is 10.2. The topological polar surface area (TPSA) is 39.7 Å². The van der Waals surface area contributed by atoms with Gasteiger partial charge in [0.05, 0.1) is 18.2 Å². The molecule has 2 aromatic carbocycles. The van der Waals surface area contributed by atoms with Gasteiger partial charge in [-0.15, -0.1) is 0 Å². The third-order valence-corrected chi connectivity index (χ3v) is 4.25. The average molecular weight is 380 g/mol. The molecular formula is C18H22BrNO3. The fourth-order valence-corrected chi connectivity index (χ4v) is 2.72. The number of rotatable bonds is 9. The van der Waals surface area contributed by atoms with Crippen LogP contribution in [0.25, 0.3) is 0 Å². The highest BCUT2D eigenvalue weighted by Gasteiger charge is 2.13. The van der Waals surface area contributed by atoms with Gasteiger partial charge in [-0.1, -0.05) is 36.4 Å². The molecule has 0 spiro atoms. The Kier molecular flexibility index (Phi) is 7.39. The van der Waals surface area contributed by atoms with E-state index in [0.29, 0.717) is 19.0 Å². The van der Waals surface area contributed by atoms with Crippen LogP contribution in [0, 0.1) is 0 Å². The molecule has 0 atom stereocenters. The number of benzene rings is 2. The molecule has 0 aromatic heterocycles. The highest BCUT2D eigenvalue weighted by Crippen LogP contribution is 2.38. The Morgan fingerprint density at radius 1 is 1.04 bits per heavy atom. The van der Waals surface area contributed by atoms with Crippen molar-refractivity contribution in [2.24, 2.45) is 0 Å². The molecule has 0 aliphatic carbocycles. The van der Waals surface area contributed by atoms with Gasteiger partial charge in [0.15, 0.2) is 11.5 Å². The van der Waals surface area contributed by atoms with E-state index in [1.165, 1.54) is 0 Å². The minimum absolute atomic E-state index is 0.496. The zero-order chi connectivity index (χ0) is 16.5. The molecular weight excluding hydrogens is 358 g/mol. The fourth-order valence-electron chi connectivity index (χ4n) is 2.14. The molecule has 2 aromatic rings. The van der Waals surface area contributed by atoms with Crippen LogP contribution in [0.15, 0.2) is 46.9 Å². The first kappa shape index (κ1) is 17.8. The van der Waals surface area contributed by atoms with E-state index in [-0.39, 0.29) is 0 Å². The molecule has 0 saturated carbocycles. The number of methoxy groups -OCH3 is 2. The lowest BCUT2D eigenvalue weighted by Gasteiger charge is -2.16. The molecule has 0 unspecified atom stereocenters. The molecule has 1 N–H and O–H groups in total. The van der Waals surface area contributed by atoms with Crippen molar-refractivity contribution >= 4 is 15.9 Å². The van der Waals surface area contributed by atoms with Gasteiger partial charge in [-0.25, -0.2) is 0 Å². The lowest BCUT2D eigenvalue weighted by Crippen LogP contribution is -2.18. The Labute approximate surface area is 145 Å². The maximum atomic E-state index is 5.99. The summed E-state index contributed by atoms with van der Waals surface area (Å²) in [6, 6.07) is 14.0. The second-order valence-electron chi connectivity index (χ2n) is 5.01. The predicted octanol–water partition coefficient (Wildman–Crippen LogP) is 3.77. The predicted molar refractivity (Wildman–Crippen MR) is 95.1 cm³/mol. The molecule has 5 heteroatoms. The van der Waals surface area contributed by atoms with Crippen molar-refractivity contribution in [3.05, 3.63) is 58.1 Å². The van der Waals surface area contributed by atoms with Gasteiger partial charge in [0, 0.05) is 20.2 Å². The van der Waals surface area contributed by atoms with E-state index in [1.54, 1.807) is 14.2 Å². The van der Waals surface area contributed by atoms with Crippen LogP contribution >= 0.6 is 15.9 Å². The molecule has 0 amide bonds. The first-order valence-electron chi connectivity index (χ1n) is 7.48. The Morgan fingerprint density at radius 2 is 1.83 bits per heavy atom. The molecule has 0 saturated heterocycles. The first-order valence-corrected chi connectivity index (χ1v) is 8.27. The summed E-state index contributed by atoms with van der Waals surface area (Å²) in [5, 5.41) is 3.33. The molecule has 0 radical (unpaired) electrons. The van der Waals surface area contributed by atoms with Gasteiger partial charge in [0.25, 0.3) is 0 Å². The number of ether oxygens (including phenoxy) is 3. The van der Waals surface area contributed by atoms with E-state index in [1.807, 2.05) is 42.5 Å². The summed E-state index contributed by atoms with van der Waals surface area (Å²) >= 11 is 3.64. The van der Waals surface area contributed by atoms with E-state index >= 15 is 0 Å². The number of nitrogens with one attached hydrogen (secondary N) is 1. The molecule has 124 valence electrons. The molecule has 0 heterocycles. The van der Waals surface area contributed by atoms with Gasteiger partial charge in [-0.3, -0.25) is 0 Å². The third kappa shape index (κ3) is 5.23. The van der Waals surface area contributed by atoms with Crippen molar-refractivity contribution in [3.8, 4) is 11.5 Å². The average Bonchev–Trinajstić information content (AvgIpc) is 2.59. The van der Waals surface area contributed by atoms with Crippen LogP contribution in [-0.2, 0) is 17.9 Å². The molecule has 0 fully saturated rings. The highest BCUT2D eigenvalue weighted by molar-refractivity contribution is 9.10. The van der Waals surface area contributed by atoms with Crippen LogP contribution in [0.5, 0.6) is 11.5 Å². The van der Waals surface area contributed by atoms with Crippen molar-refractivity contribution in [1.82, 2.24) is 5.32 Å². The number of halogens is 1. The summed E-state index contributed by atoms with van der Waals surface area (Å²) in [4.78, 5) is 0. The highest BCUT2D eigenvalue weighted by atomic mass is 79.9. The third-order valence-electron chi connectivity index (χ3n) is 3.39. The summed E-state index contributed by atoms with van der Waals surface area (Å²) in [6.45, 7) is 2.71. The van der Waals surface area contributed by atoms with E-state index in [4.69, 9.17) is 14.2 Å². The van der Waals surface area contributed by atoms with E-state index < -0.39 is 0 Å². The van der Waals surface area contributed by atoms with Gasteiger partial charge in [-0.05, 0) is 33.1 Å². The summed E-state index contributed by atoms with van der Waals surface area (Å²) in [5.74, 6) is 1.44. The lowest BCUT2D eigenvalue weighted by molar-refractivity contribution is 0.199. The van der Waals surface area contributed by atoms with Gasteiger partial charge in [0.1, 0.15) is 6.61 Å². The SMILES string of the molecule is COCCNCc1ccc(OC)c(OCc2ccccc2)c1Br. The van der Waals surface area contributed by atoms with Crippen molar-refractivity contribution in [2.45, 2.75) is 13.2 Å². The maximum Gasteiger partial charge on any atom is 0.176 e. The van der Waals surface area contributed by atoms with Gasteiger partial charge < -0.3 is 19.5 Å². The second-order valence-corrected chi connectivity index (χ2v) is 5.81. The van der Waals surface area contributed by atoms with Gasteiger partial charge >= 0.3 is 0 Å². The van der Waals surface area contributed by atoms with Crippen molar-refractivity contribution in [2.75, 3.05) is 27.4 Å². The first-order chi connectivity index (χ1) is 11.3. The zero-order valence-corrected chi connectivity index (χ0v) is 15.1. The Bertz CT molecular complexity index is 605. The Morgan fingerprint density at radius 3 is 2.52 bits per heavy atom. The Balaban J connectivity index is 2.09. The molecule has 4 nitrogen and oxygen atoms in total. The molecule has 0 bridgehead atoms. The van der Waals surface area contributed by atoms with Crippen LogP contribution in [0.1, 0.15) is 11.1 Å². The number of hydrogen-bond donors (Lipinski definition) is 1. The maximum absolute atomic E-state index is 5.99. The minimum atomic E-state index is 0.496. The largest absolute Gasteiger partial charge is 0.493 e. The summed E-state index contributed by atoms with van der Waals surface area (Å²) < 4.78 is 17.4. The van der Waals surface area contributed by atoms with Crippen LogP contribution in [0.4, 0.5) is 0 Å². The zero-order valence-electron chi connectivity index (χ0n) is 13.5. The normalized spacial score (nSPS) is 10.6. The van der Waals surface area contributed by atoms with E-state index in [9.17, 15) is 0 Å². The summed E-state index contributed by atoms with van der Waals surface area (Å²) in [7, 11) is 3.34. The summed E-state index contributed by atoms with van der Waals surface area (Å²) in [6.07, 6.45) is 0. The van der Waals surface area contributed by atoms with E-state index in [0.717, 1.165) is 34.4 Å². The quantitative estimate of drug-likeness (QED) is 0.673. The van der Waals surface area contributed by atoms with Gasteiger partial charge in [0.2, 0.25) is 0 Å². The van der Waals surface area contributed by atoms with Crippen LogP contribution < -0.4 is 14.8 Å². The molecule has 23 heavy (non-hydrogen) atoms. The smallest absolute Gasteiger partial charge is 0.176 e. The van der Waals surface area contributed by atoms with E-state index in [2.05, 4.69) is 21.2 Å². The molecule has 0 aliphatic rings. The van der Waals surface area contributed by atoms with Crippen molar-refractivity contribution in [1.29, 1.82) is 0 Å². The van der Waals surface area contributed by atoms with Crippen LogP contribution in [0.3, 0.4) is 0 Å². The monoisotopic (exact) mass is 379 g/mol. The minimum Gasteiger partial charge on any atom is -0.493 e. The fraction of sp³-hybridized carbons (Fsp3) is 0.333. The van der Waals surface area contributed by atoms with Crippen molar-refractivity contribution < 1.29 is 14.2 Å². The van der Waals surface area contributed by atoms with Gasteiger partial charge in [-0.2, -0.15) is 0 Å². The van der Waals surface area contributed by atoms with Crippen molar-refractivity contribution in [3.63, 3.8) is 0 Å². The molecule has 0 aliphatic heterocycles. The summed E-state index contributed by atoms with van der Waals surface area (Å²) in [5.41, 5.74) is 2.23. The van der Waals surface area contributed by atoms with Crippen LogP contribution in [0.2, 0.25) is 0 Å².